The Kier molecular flexibility index (Phi) is 5.51. The molecule has 0 aliphatic rings. The number of esters is 1. The Labute approximate surface area is 155 Å². The number of benzene rings is 2. The van der Waals surface area contributed by atoms with Gasteiger partial charge in [0.2, 0.25) is 0 Å². The number of anilines is 1. The van der Waals surface area contributed by atoms with Gasteiger partial charge in [-0.1, -0.05) is 18.2 Å². The van der Waals surface area contributed by atoms with Crippen molar-refractivity contribution in [2.45, 2.75) is 6.42 Å². The second-order valence-electron chi connectivity index (χ2n) is 5.90. The summed E-state index contributed by atoms with van der Waals surface area (Å²) in [6.45, 7) is -0.377. The number of amides is 2. The molecule has 0 aliphatic heterocycles. The summed E-state index contributed by atoms with van der Waals surface area (Å²) in [5.74, 6) is -1.14. The number of nitrogens with one attached hydrogen (secondary N) is 3. The van der Waals surface area contributed by atoms with E-state index in [1.165, 1.54) is 0 Å². The number of hydrogen-bond acceptors (Lipinski definition) is 4. The summed E-state index contributed by atoms with van der Waals surface area (Å²) in [6.07, 6.45) is 1.85. The van der Waals surface area contributed by atoms with Gasteiger partial charge in [0.1, 0.15) is 0 Å². The van der Waals surface area contributed by atoms with E-state index in [0.29, 0.717) is 11.3 Å². The van der Waals surface area contributed by atoms with Crippen LogP contribution in [0.2, 0.25) is 0 Å². The fourth-order valence-electron chi connectivity index (χ4n) is 2.68. The van der Waals surface area contributed by atoms with Crippen molar-refractivity contribution in [3.63, 3.8) is 0 Å². The maximum atomic E-state index is 12.0. The molecule has 0 spiro atoms. The predicted octanol–water partition coefficient (Wildman–Crippen LogP) is 2.25. The van der Waals surface area contributed by atoms with E-state index in [1.807, 2.05) is 24.3 Å². The molecular weight excluding hydrogens is 346 g/mol. The second kappa shape index (κ2) is 8.18. The highest BCUT2D eigenvalue weighted by atomic mass is 16.5. The number of hydrogen-bond donors (Lipinski definition) is 3. The fourth-order valence-corrected chi connectivity index (χ4v) is 2.68. The smallest absolute Gasteiger partial charge is 0.310 e. The fraction of sp³-hybridized carbons (Fsp3) is 0.150. The van der Waals surface area contributed by atoms with Crippen LogP contribution in [0.1, 0.15) is 15.9 Å². The number of aromatic nitrogens is 1. The lowest BCUT2D eigenvalue weighted by atomic mass is 10.1. The minimum Gasteiger partial charge on any atom is -0.455 e. The van der Waals surface area contributed by atoms with Gasteiger partial charge in [0.25, 0.3) is 11.8 Å². The first-order chi connectivity index (χ1) is 13.1. The third kappa shape index (κ3) is 4.52. The summed E-state index contributed by atoms with van der Waals surface area (Å²) in [7, 11) is 1.54. The molecule has 7 nitrogen and oxygen atoms in total. The molecule has 27 heavy (non-hydrogen) atoms. The number of H-pyrrole nitrogens is 1. The van der Waals surface area contributed by atoms with Crippen molar-refractivity contribution >= 4 is 34.4 Å². The van der Waals surface area contributed by atoms with Crippen molar-refractivity contribution in [3.05, 3.63) is 65.9 Å². The van der Waals surface area contributed by atoms with E-state index in [2.05, 4.69) is 15.6 Å². The number of aromatic amines is 1. The number of fused-ring (bicyclic) bond motifs is 1. The first-order valence-electron chi connectivity index (χ1n) is 8.39. The topological polar surface area (TPSA) is 100 Å². The number of ether oxygens (including phenoxy) is 1. The monoisotopic (exact) mass is 365 g/mol. The average Bonchev–Trinajstić information content (AvgIpc) is 3.09. The lowest BCUT2D eigenvalue weighted by Gasteiger charge is -2.07. The summed E-state index contributed by atoms with van der Waals surface area (Å²) in [5.41, 5.74) is 2.76. The third-order valence-electron chi connectivity index (χ3n) is 4.03. The van der Waals surface area contributed by atoms with E-state index in [0.717, 1.165) is 16.5 Å². The molecule has 2 aromatic carbocycles. The van der Waals surface area contributed by atoms with Gasteiger partial charge in [-0.15, -0.1) is 0 Å². The largest absolute Gasteiger partial charge is 0.455 e. The van der Waals surface area contributed by atoms with Crippen LogP contribution < -0.4 is 10.6 Å². The first kappa shape index (κ1) is 18.2. The zero-order chi connectivity index (χ0) is 19.2. The lowest BCUT2D eigenvalue weighted by Crippen LogP contribution is -2.22. The molecule has 3 N–H and O–H groups in total. The zero-order valence-electron chi connectivity index (χ0n) is 14.7. The van der Waals surface area contributed by atoms with Crippen molar-refractivity contribution in [1.29, 1.82) is 0 Å². The molecule has 0 atom stereocenters. The maximum absolute atomic E-state index is 12.0. The average molecular weight is 365 g/mol. The Hall–Kier alpha value is -3.61. The van der Waals surface area contributed by atoms with Gasteiger partial charge in [-0.3, -0.25) is 14.4 Å². The van der Waals surface area contributed by atoms with E-state index < -0.39 is 11.9 Å². The van der Waals surface area contributed by atoms with Crippen LogP contribution in [-0.4, -0.2) is 36.4 Å². The van der Waals surface area contributed by atoms with Crippen LogP contribution in [-0.2, 0) is 20.7 Å². The zero-order valence-corrected chi connectivity index (χ0v) is 14.7. The standard InChI is InChI=1S/C20H19N3O4/c1-21-20(26)13-6-8-15(9-7-13)23-18(24)12-27-19(25)10-14-11-22-17-5-3-2-4-16(14)17/h2-9,11,22H,10,12H2,1H3,(H,21,26)(H,23,24). The number of carbonyl (C=O) groups excluding carboxylic acids is 3. The Balaban J connectivity index is 1.50. The van der Waals surface area contributed by atoms with Crippen LogP contribution in [0.25, 0.3) is 10.9 Å². The van der Waals surface area contributed by atoms with Gasteiger partial charge >= 0.3 is 5.97 Å². The minimum atomic E-state index is -0.482. The number of carbonyl (C=O) groups is 3. The van der Waals surface area contributed by atoms with E-state index >= 15 is 0 Å². The molecule has 0 bridgehead atoms. The molecule has 1 heterocycles. The number of para-hydroxylation sites is 1. The molecule has 0 saturated heterocycles. The summed E-state index contributed by atoms with van der Waals surface area (Å²) >= 11 is 0. The van der Waals surface area contributed by atoms with Crippen LogP contribution >= 0.6 is 0 Å². The van der Waals surface area contributed by atoms with E-state index in [9.17, 15) is 14.4 Å². The molecule has 2 amide bonds. The van der Waals surface area contributed by atoms with Gasteiger partial charge in [0.15, 0.2) is 6.61 Å². The highest BCUT2D eigenvalue weighted by Gasteiger charge is 2.12. The van der Waals surface area contributed by atoms with Gasteiger partial charge in [-0.25, -0.2) is 0 Å². The van der Waals surface area contributed by atoms with Gasteiger partial charge in [-0.2, -0.15) is 0 Å². The summed E-state index contributed by atoms with van der Waals surface area (Å²) in [5, 5.41) is 6.09. The Morgan fingerprint density at radius 1 is 1.04 bits per heavy atom. The van der Waals surface area contributed by atoms with Gasteiger partial charge in [0, 0.05) is 35.4 Å². The van der Waals surface area contributed by atoms with Crippen molar-refractivity contribution < 1.29 is 19.1 Å². The lowest BCUT2D eigenvalue weighted by molar-refractivity contribution is -0.146. The van der Waals surface area contributed by atoms with Crippen molar-refractivity contribution in [1.82, 2.24) is 10.3 Å². The van der Waals surface area contributed by atoms with Gasteiger partial charge < -0.3 is 20.4 Å². The van der Waals surface area contributed by atoms with Crippen LogP contribution in [0.15, 0.2) is 54.7 Å². The highest BCUT2D eigenvalue weighted by Crippen LogP contribution is 2.18. The highest BCUT2D eigenvalue weighted by molar-refractivity contribution is 5.96. The molecule has 7 heteroatoms. The Morgan fingerprint density at radius 3 is 2.52 bits per heavy atom. The normalized spacial score (nSPS) is 10.4. The SMILES string of the molecule is CNC(=O)c1ccc(NC(=O)COC(=O)Cc2c[nH]c3ccccc23)cc1. The number of rotatable bonds is 6. The molecule has 1 aromatic heterocycles. The van der Waals surface area contributed by atoms with Crippen LogP contribution in [0.3, 0.4) is 0 Å². The van der Waals surface area contributed by atoms with Crippen LogP contribution in [0, 0.1) is 0 Å². The van der Waals surface area contributed by atoms with E-state index in [1.54, 1.807) is 37.5 Å². The second-order valence-corrected chi connectivity index (χ2v) is 5.90. The minimum absolute atomic E-state index is 0.0815. The van der Waals surface area contributed by atoms with Crippen molar-refractivity contribution in [2.24, 2.45) is 0 Å². The Morgan fingerprint density at radius 2 is 1.78 bits per heavy atom. The molecule has 0 radical (unpaired) electrons. The molecule has 0 saturated carbocycles. The molecule has 3 rings (SSSR count). The van der Waals surface area contributed by atoms with Crippen LogP contribution in [0.5, 0.6) is 0 Å². The molecule has 0 aliphatic carbocycles. The van der Waals surface area contributed by atoms with E-state index in [4.69, 9.17) is 4.74 Å². The molecular formula is C20H19N3O4. The summed E-state index contributed by atoms with van der Waals surface area (Å²) < 4.78 is 5.05. The van der Waals surface area contributed by atoms with Crippen molar-refractivity contribution in [3.8, 4) is 0 Å². The molecule has 3 aromatic rings. The summed E-state index contributed by atoms with van der Waals surface area (Å²) in [4.78, 5) is 38.5. The third-order valence-corrected chi connectivity index (χ3v) is 4.03. The quantitative estimate of drug-likeness (QED) is 0.583. The Bertz CT molecular complexity index is 976. The van der Waals surface area contributed by atoms with Gasteiger partial charge in [-0.05, 0) is 35.9 Å². The van der Waals surface area contributed by atoms with Crippen molar-refractivity contribution in [2.75, 3.05) is 19.0 Å². The van der Waals surface area contributed by atoms with Gasteiger partial charge in [0.05, 0.1) is 6.42 Å². The molecule has 138 valence electrons. The first-order valence-corrected chi connectivity index (χ1v) is 8.39. The van der Waals surface area contributed by atoms with E-state index in [-0.39, 0.29) is 18.9 Å². The maximum Gasteiger partial charge on any atom is 0.310 e. The molecule has 0 unspecified atom stereocenters. The predicted molar refractivity (Wildman–Crippen MR) is 101 cm³/mol. The van der Waals surface area contributed by atoms with Crippen LogP contribution in [0.4, 0.5) is 5.69 Å². The molecule has 0 fully saturated rings. The summed E-state index contributed by atoms with van der Waals surface area (Å²) in [6, 6.07) is 14.1.